The monoisotopic (exact) mass is 279 g/mol. The lowest BCUT2D eigenvalue weighted by atomic mass is 10.2. The van der Waals surface area contributed by atoms with Crippen LogP contribution in [0.5, 0.6) is 0 Å². The number of nitrogens with zero attached hydrogens (tertiary/aromatic N) is 4. The minimum atomic E-state index is -0.546. The lowest BCUT2D eigenvalue weighted by Crippen LogP contribution is -2.29. The summed E-state index contributed by atoms with van der Waals surface area (Å²) in [6, 6.07) is 12.3. The molecule has 7 heteroatoms. The molecule has 4 aromatic rings. The Morgan fingerprint density at radius 1 is 1.00 bits per heavy atom. The van der Waals surface area contributed by atoms with Crippen molar-refractivity contribution in [1.82, 2.24) is 24.1 Å². The quantitative estimate of drug-likeness (QED) is 0.556. The summed E-state index contributed by atoms with van der Waals surface area (Å²) in [6.45, 7) is 0. The first-order valence-corrected chi connectivity index (χ1v) is 6.30. The molecule has 0 saturated carbocycles. The van der Waals surface area contributed by atoms with E-state index < -0.39 is 11.4 Å². The SMILES string of the molecule is O=c1[nH]c2ccccc2c2nn(-c3ccccn3)c(=O)n12. The smallest absolute Gasteiger partial charge is 0.306 e. The van der Waals surface area contributed by atoms with Gasteiger partial charge in [-0.3, -0.25) is 0 Å². The molecule has 0 spiro atoms. The summed E-state index contributed by atoms with van der Waals surface area (Å²) in [5.41, 5.74) is -0.121. The van der Waals surface area contributed by atoms with Crippen LogP contribution < -0.4 is 11.4 Å². The Balaban J connectivity index is 2.21. The highest BCUT2D eigenvalue weighted by Crippen LogP contribution is 2.13. The zero-order valence-corrected chi connectivity index (χ0v) is 10.7. The fourth-order valence-corrected chi connectivity index (χ4v) is 2.31. The van der Waals surface area contributed by atoms with Crippen molar-refractivity contribution in [3.8, 4) is 5.82 Å². The predicted octanol–water partition coefficient (Wildman–Crippen LogP) is 0.722. The highest BCUT2D eigenvalue weighted by atomic mass is 16.2. The number of pyridine rings is 1. The Bertz CT molecular complexity index is 1080. The van der Waals surface area contributed by atoms with Gasteiger partial charge in [-0.05, 0) is 24.3 Å². The van der Waals surface area contributed by atoms with Gasteiger partial charge >= 0.3 is 11.4 Å². The minimum Gasteiger partial charge on any atom is -0.306 e. The normalized spacial score (nSPS) is 11.2. The Kier molecular flexibility index (Phi) is 2.28. The number of para-hydroxylation sites is 1. The van der Waals surface area contributed by atoms with Crippen LogP contribution in [-0.2, 0) is 0 Å². The summed E-state index contributed by atoms with van der Waals surface area (Å²) in [4.78, 5) is 31.3. The summed E-state index contributed by atoms with van der Waals surface area (Å²) in [5, 5.41) is 4.95. The van der Waals surface area contributed by atoms with E-state index >= 15 is 0 Å². The second-order valence-electron chi connectivity index (χ2n) is 4.52. The van der Waals surface area contributed by atoms with E-state index in [4.69, 9.17) is 0 Å². The van der Waals surface area contributed by atoms with Crippen LogP contribution in [0.3, 0.4) is 0 Å². The molecule has 0 amide bonds. The molecule has 0 bridgehead atoms. The van der Waals surface area contributed by atoms with Crippen LogP contribution >= 0.6 is 0 Å². The van der Waals surface area contributed by atoms with Gasteiger partial charge in [0.2, 0.25) is 0 Å². The van der Waals surface area contributed by atoms with Gasteiger partial charge in [0.15, 0.2) is 11.5 Å². The number of nitrogens with one attached hydrogen (secondary N) is 1. The minimum absolute atomic E-state index is 0.310. The molecule has 1 aromatic carbocycles. The first-order valence-electron chi connectivity index (χ1n) is 6.30. The number of benzene rings is 1. The van der Waals surface area contributed by atoms with Gasteiger partial charge < -0.3 is 4.98 Å². The van der Waals surface area contributed by atoms with Crippen molar-refractivity contribution < 1.29 is 0 Å². The topological polar surface area (TPSA) is 85.0 Å². The Morgan fingerprint density at radius 3 is 2.62 bits per heavy atom. The third kappa shape index (κ3) is 1.61. The number of hydrogen-bond donors (Lipinski definition) is 1. The van der Waals surface area contributed by atoms with E-state index in [2.05, 4.69) is 15.1 Å². The van der Waals surface area contributed by atoms with Crippen LogP contribution in [0.25, 0.3) is 22.4 Å². The van der Waals surface area contributed by atoms with Crippen molar-refractivity contribution in [2.75, 3.05) is 0 Å². The van der Waals surface area contributed by atoms with Crippen LogP contribution in [0, 0.1) is 0 Å². The number of fused-ring (bicyclic) bond motifs is 3. The number of H-pyrrole nitrogens is 1. The first kappa shape index (κ1) is 11.6. The van der Waals surface area contributed by atoms with Crippen LogP contribution in [0.4, 0.5) is 0 Å². The predicted molar refractivity (Wildman–Crippen MR) is 76.7 cm³/mol. The van der Waals surface area contributed by atoms with Gasteiger partial charge in [0, 0.05) is 11.6 Å². The summed E-state index contributed by atoms with van der Waals surface area (Å²) in [6.07, 6.45) is 1.56. The summed E-state index contributed by atoms with van der Waals surface area (Å²) in [7, 11) is 0. The Morgan fingerprint density at radius 2 is 1.81 bits per heavy atom. The lowest BCUT2D eigenvalue weighted by molar-refractivity contribution is 0.802. The van der Waals surface area contributed by atoms with Crippen LogP contribution in [0.2, 0.25) is 0 Å². The fourth-order valence-electron chi connectivity index (χ4n) is 2.31. The molecule has 0 fully saturated rings. The summed E-state index contributed by atoms with van der Waals surface area (Å²) < 4.78 is 2.13. The molecular formula is C14H9N5O2. The van der Waals surface area contributed by atoms with Crippen molar-refractivity contribution in [1.29, 1.82) is 0 Å². The average molecular weight is 279 g/mol. The van der Waals surface area contributed by atoms with E-state index in [0.717, 1.165) is 9.08 Å². The molecule has 7 nitrogen and oxygen atoms in total. The standard InChI is InChI=1S/C14H9N5O2/c20-13-16-10-6-2-1-5-9(10)12-17-19(14(21)18(12)13)11-7-3-4-8-15-11/h1-8H,(H,16,20). The second kappa shape index (κ2) is 4.14. The Hall–Kier alpha value is -3.22. The highest BCUT2D eigenvalue weighted by Gasteiger charge is 2.14. The highest BCUT2D eigenvalue weighted by molar-refractivity contribution is 5.90. The first-order chi connectivity index (χ1) is 10.3. The zero-order chi connectivity index (χ0) is 14.4. The summed E-state index contributed by atoms with van der Waals surface area (Å²) >= 11 is 0. The maximum absolute atomic E-state index is 12.4. The molecule has 1 N–H and O–H groups in total. The van der Waals surface area contributed by atoms with Gasteiger partial charge in [-0.25, -0.2) is 14.6 Å². The van der Waals surface area contributed by atoms with E-state index in [9.17, 15) is 9.59 Å². The largest absolute Gasteiger partial charge is 0.360 e. The third-order valence-corrected chi connectivity index (χ3v) is 3.26. The molecule has 0 saturated heterocycles. The Labute approximate surface area is 117 Å². The maximum atomic E-state index is 12.4. The van der Waals surface area contributed by atoms with Crippen molar-refractivity contribution in [3.63, 3.8) is 0 Å². The van der Waals surface area contributed by atoms with Gasteiger partial charge in [-0.1, -0.05) is 18.2 Å². The molecule has 0 radical (unpaired) electrons. The summed E-state index contributed by atoms with van der Waals surface area (Å²) in [5.74, 6) is 0.370. The molecule has 21 heavy (non-hydrogen) atoms. The molecule has 4 rings (SSSR count). The molecule has 0 atom stereocenters. The third-order valence-electron chi connectivity index (χ3n) is 3.26. The van der Waals surface area contributed by atoms with E-state index in [-0.39, 0.29) is 0 Å². The second-order valence-corrected chi connectivity index (χ2v) is 4.52. The fraction of sp³-hybridized carbons (Fsp3) is 0. The average Bonchev–Trinajstić information content (AvgIpc) is 2.87. The molecule has 0 aliphatic carbocycles. The van der Waals surface area contributed by atoms with E-state index in [1.807, 2.05) is 12.1 Å². The molecule has 0 aliphatic rings. The van der Waals surface area contributed by atoms with Crippen LogP contribution in [0.15, 0.2) is 58.3 Å². The van der Waals surface area contributed by atoms with Gasteiger partial charge in [-0.2, -0.15) is 9.08 Å². The lowest BCUT2D eigenvalue weighted by Gasteiger charge is -1.97. The van der Waals surface area contributed by atoms with Gasteiger partial charge in [-0.15, -0.1) is 5.10 Å². The molecule has 0 unspecified atom stereocenters. The molecular weight excluding hydrogens is 270 g/mol. The van der Waals surface area contributed by atoms with Crippen molar-refractivity contribution in [3.05, 3.63) is 69.6 Å². The van der Waals surface area contributed by atoms with E-state index in [1.165, 1.54) is 0 Å². The molecule has 3 heterocycles. The van der Waals surface area contributed by atoms with Crippen molar-refractivity contribution >= 4 is 16.6 Å². The van der Waals surface area contributed by atoms with Gasteiger partial charge in [0.05, 0.1) is 5.52 Å². The van der Waals surface area contributed by atoms with E-state index in [0.29, 0.717) is 22.4 Å². The van der Waals surface area contributed by atoms with Crippen molar-refractivity contribution in [2.24, 2.45) is 0 Å². The number of aromatic nitrogens is 5. The zero-order valence-electron chi connectivity index (χ0n) is 10.7. The maximum Gasteiger partial charge on any atom is 0.360 e. The van der Waals surface area contributed by atoms with Crippen LogP contribution in [-0.4, -0.2) is 24.1 Å². The van der Waals surface area contributed by atoms with Crippen molar-refractivity contribution in [2.45, 2.75) is 0 Å². The van der Waals surface area contributed by atoms with E-state index in [1.54, 1.807) is 36.5 Å². The number of rotatable bonds is 1. The number of hydrogen-bond acceptors (Lipinski definition) is 4. The molecule has 3 aromatic heterocycles. The molecule has 0 aliphatic heterocycles. The number of aromatic amines is 1. The van der Waals surface area contributed by atoms with Gasteiger partial charge in [0.25, 0.3) is 0 Å². The molecule has 102 valence electrons. The van der Waals surface area contributed by atoms with Gasteiger partial charge in [0.1, 0.15) is 0 Å². The van der Waals surface area contributed by atoms with Crippen LogP contribution in [0.1, 0.15) is 0 Å².